The third-order valence-corrected chi connectivity index (χ3v) is 3.33. The van der Waals surface area contributed by atoms with Gasteiger partial charge in [0.25, 0.3) is 5.91 Å². The van der Waals surface area contributed by atoms with Crippen molar-refractivity contribution in [3.05, 3.63) is 53.6 Å². The first-order chi connectivity index (χ1) is 11.7. The maximum Gasteiger partial charge on any atom is 0.254 e. The van der Waals surface area contributed by atoms with E-state index in [9.17, 15) is 9.18 Å². The fraction of sp³-hybridized carbons (Fsp3) is 0.353. The standard InChI is InChI=1S/C17H21FN4O2/c1-24-10-2-8-20-17-21-11-14(12-22-17)16(23)19-9-7-13-3-5-15(18)6-4-13/h3-6,11-12H,2,7-10H2,1H3,(H,19,23)(H,20,21,22). The molecule has 0 fully saturated rings. The van der Waals surface area contributed by atoms with Crippen LogP contribution in [0.2, 0.25) is 0 Å². The normalized spacial score (nSPS) is 10.4. The Balaban J connectivity index is 1.74. The predicted molar refractivity (Wildman–Crippen MR) is 89.5 cm³/mol. The van der Waals surface area contributed by atoms with E-state index in [0.717, 1.165) is 12.0 Å². The van der Waals surface area contributed by atoms with Gasteiger partial charge in [-0.05, 0) is 30.5 Å². The SMILES string of the molecule is COCCCNc1ncc(C(=O)NCCc2ccc(F)cc2)cn1. The zero-order valence-corrected chi connectivity index (χ0v) is 13.6. The molecular formula is C17H21FN4O2. The highest BCUT2D eigenvalue weighted by atomic mass is 19.1. The number of benzene rings is 1. The molecule has 0 saturated carbocycles. The smallest absolute Gasteiger partial charge is 0.254 e. The van der Waals surface area contributed by atoms with Crippen LogP contribution in [-0.2, 0) is 11.2 Å². The molecule has 128 valence electrons. The lowest BCUT2D eigenvalue weighted by Crippen LogP contribution is -2.26. The number of hydrogen-bond acceptors (Lipinski definition) is 5. The molecule has 7 heteroatoms. The molecule has 1 amide bonds. The average molecular weight is 332 g/mol. The number of rotatable bonds is 9. The van der Waals surface area contributed by atoms with Crippen LogP contribution < -0.4 is 10.6 Å². The number of anilines is 1. The van der Waals surface area contributed by atoms with Gasteiger partial charge in [-0.3, -0.25) is 4.79 Å². The molecule has 2 N–H and O–H groups in total. The molecule has 6 nitrogen and oxygen atoms in total. The Morgan fingerprint density at radius 2 is 1.88 bits per heavy atom. The van der Waals surface area contributed by atoms with E-state index in [0.29, 0.717) is 37.6 Å². The van der Waals surface area contributed by atoms with Crippen molar-refractivity contribution in [2.45, 2.75) is 12.8 Å². The van der Waals surface area contributed by atoms with Gasteiger partial charge in [-0.2, -0.15) is 0 Å². The number of amides is 1. The molecule has 0 aliphatic heterocycles. The van der Waals surface area contributed by atoms with Gasteiger partial charge in [-0.25, -0.2) is 14.4 Å². The van der Waals surface area contributed by atoms with Crippen molar-refractivity contribution in [2.75, 3.05) is 32.1 Å². The molecule has 2 aromatic rings. The number of carbonyl (C=O) groups excluding carboxylic acids is 1. The first-order valence-corrected chi connectivity index (χ1v) is 7.76. The van der Waals surface area contributed by atoms with E-state index in [1.165, 1.54) is 24.5 Å². The average Bonchev–Trinajstić information content (AvgIpc) is 2.61. The summed E-state index contributed by atoms with van der Waals surface area (Å²) in [5.41, 5.74) is 1.36. The Kier molecular flexibility index (Phi) is 7.10. The number of hydrogen-bond donors (Lipinski definition) is 2. The highest BCUT2D eigenvalue weighted by Crippen LogP contribution is 2.04. The van der Waals surface area contributed by atoms with Gasteiger partial charge in [-0.1, -0.05) is 12.1 Å². The third-order valence-electron chi connectivity index (χ3n) is 3.33. The summed E-state index contributed by atoms with van der Waals surface area (Å²) < 4.78 is 17.8. The topological polar surface area (TPSA) is 76.1 Å². The van der Waals surface area contributed by atoms with Gasteiger partial charge in [0.15, 0.2) is 0 Å². The van der Waals surface area contributed by atoms with E-state index in [1.54, 1.807) is 19.2 Å². The summed E-state index contributed by atoms with van der Waals surface area (Å²) in [4.78, 5) is 20.2. The summed E-state index contributed by atoms with van der Waals surface area (Å²) >= 11 is 0. The fourth-order valence-corrected chi connectivity index (χ4v) is 2.03. The minimum atomic E-state index is -0.268. The Bertz CT molecular complexity index is 632. The number of carbonyl (C=O) groups is 1. The van der Waals surface area contributed by atoms with Crippen LogP contribution in [0, 0.1) is 5.82 Å². The van der Waals surface area contributed by atoms with Crippen molar-refractivity contribution in [1.82, 2.24) is 15.3 Å². The largest absolute Gasteiger partial charge is 0.385 e. The van der Waals surface area contributed by atoms with Crippen molar-refractivity contribution in [3.63, 3.8) is 0 Å². The van der Waals surface area contributed by atoms with E-state index in [4.69, 9.17) is 4.74 Å². The van der Waals surface area contributed by atoms with Crippen LogP contribution in [0.15, 0.2) is 36.7 Å². The van der Waals surface area contributed by atoms with Crippen molar-refractivity contribution < 1.29 is 13.9 Å². The van der Waals surface area contributed by atoms with Crippen LogP contribution in [-0.4, -0.2) is 42.7 Å². The second-order valence-electron chi connectivity index (χ2n) is 5.20. The monoisotopic (exact) mass is 332 g/mol. The second-order valence-corrected chi connectivity index (χ2v) is 5.20. The second kappa shape index (κ2) is 9.57. The molecule has 0 aliphatic rings. The lowest BCUT2D eigenvalue weighted by atomic mass is 10.1. The van der Waals surface area contributed by atoms with Crippen LogP contribution in [0.5, 0.6) is 0 Å². The first kappa shape index (κ1) is 17.8. The molecule has 0 aliphatic carbocycles. The highest BCUT2D eigenvalue weighted by molar-refractivity contribution is 5.93. The molecule has 2 rings (SSSR count). The van der Waals surface area contributed by atoms with Gasteiger partial charge >= 0.3 is 0 Å². The number of methoxy groups -OCH3 is 1. The Labute approximate surface area is 140 Å². The Morgan fingerprint density at radius 1 is 1.17 bits per heavy atom. The minimum Gasteiger partial charge on any atom is -0.385 e. The molecule has 1 aromatic carbocycles. The zero-order chi connectivity index (χ0) is 17.2. The van der Waals surface area contributed by atoms with E-state index < -0.39 is 0 Å². The van der Waals surface area contributed by atoms with Gasteiger partial charge < -0.3 is 15.4 Å². The Morgan fingerprint density at radius 3 is 2.54 bits per heavy atom. The molecular weight excluding hydrogens is 311 g/mol. The summed E-state index contributed by atoms with van der Waals surface area (Å²) in [6.45, 7) is 1.83. The van der Waals surface area contributed by atoms with E-state index in [1.807, 2.05) is 0 Å². The summed E-state index contributed by atoms with van der Waals surface area (Å²) in [5, 5.41) is 5.84. The van der Waals surface area contributed by atoms with Crippen molar-refractivity contribution in [2.24, 2.45) is 0 Å². The van der Waals surface area contributed by atoms with Gasteiger partial charge in [0.1, 0.15) is 5.82 Å². The number of halogens is 1. The lowest BCUT2D eigenvalue weighted by Gasteiger charge is -2.07. The van der Waals surface area contributed by atoms with Crippen molar-refractivity contribution in [3.8, 4) is 0 Å². The molecule has 24 heavy (non-hydrogen) atoms. The number of nitrogens with zero attached hydrogens (tertiary/aromatic N) is 2. The highest BCUT2D eigenvalue weighted by Gasteiger charge is 2.06. The quantitative estimate of drug-likeness (QED) is 0.687. The summed E-state index contributed by atoms with van der Waals surface area (Å²) in [7, 11) is 1.65. The maximum atomic E-state index is 12.8. The zero-order valence-electron chi connectivity index (χ0n) is 13.6. The fourth-order valence-electron chi connectivity index (χ4n) is 2.03. The third kappa shape index (κ3) is 5.92. The molecule has 0 spiro atoms. The number of ether oxygens (including phenoxy) is 1. The summed E-state index contributed by atoms with van der Waals surface area (Å²) in [6.07, 6.45) is 4.45. The Hall–Kier alpha value is -2.54. The van der Waals surface area contributed by atoms with Crippen LogP contribution in [0.3, 0.4) is 0 Å². The van der Waals surface area contributed by atoms with Gasteiger partial charge in [0.05, 0.1) is 5.56 Å². The number of nitrogens with one attached hydrogen (secondary N) is 2. The molecule has 0 radical (unpaired) electrons. The van der Waals surface area contributed by atoms with Gasteiger partial charge in [0, 0.05) is 39.2 Å². The minimum absolute atomic E-state index is 0.233. The first-order valence-electron chi connectivity index (χ1n) is 7.76. The van der Waals surface area contributed by atoms with E-state index >= 15 is 0 Å². The van der Waals surface area contributed by atoms with Crippen LogP contribution >= 0.6 is 0 Å². The molecule has 0 saturated heterocycles. The van der Waals surface area contributed by atoms with Crippen LogP contribution in [0.4, 0.5) is 10.3 Å². The van der Waals surface area contributed by atoms with E-state index in [-0.39, 0.29) is 11.7 Å². The molecule has 0 atom stereocenters. The van der Waals surface area contributed by atoms with E-state index in [2.05, 4.69) is 20.6 Å². The van der Waals surface area contributed by atoms with Crippen molar-refractivity contribution >= 4 is 11.9 Å². The van der Waals surface area contributed by atoms with Crippen molar-refractivity contribution in [1.29, 1.82) is 0 Å². The molecule has 0 bridgehead atoms. The van der Waals surface area contributed by atoms with Crippen LogP contribution in [0.25, 0.3) is 0 Å². The predicted octanol–water partition coefficient (Wildman–Crippen LogP) is 2.04. The summed E-state index contributed by atoms with van der Waals surface area (Å²) in [5.74, 6) is -0.0205. The van der Waals surface area contributed by atoms with Gasteiger partial charge in [-0.15, -0.1) is 0 Å². The lowest BCUT2D eigenvalue weighted by molar-refractivity contribution is 0.0953. The van der Waals surface area contributed by atoms with Crippen LogP contribution in [0.1, 0.15) is 22.3 Å². The number of aromatic nitrogens is 2. The maximum absolute atomic E-state index is 12.8. The summed E-state index contributed by atoms with van der Waals surface area (Å²) in [6, 6.07) is 6.22. The molecule has 0 unspecified atom stereocenters. The molecule has 1 heterocycles. The molecule has 1 aromatic heterocycles. The van der Waals surface area contributed by atoms with Gasteiger partial charge in [0.2, 0.25) is 5.95 Å².